The third kappa shape index (κ3) is 2.86. The highest BCUT2D eigenvalue weighted by Gasteiger charge is 2.07. The SMILES string of the molecule is c1cc2ccc3cccc4ccc(c1)c2c34.c1ccc2c(c1)c1ccccc1c1ccccc21. The molecule has 0 atom stereocenters. The molecule has 0 fully saturated rings. The summed E-state index contributed by atoms with van der Waals surface area (Å²) in [5, 5.41) is 16.2. The van der Waals surface area contributed by atoms with Gasteiger partial charge in [0.05, 0.1) is 0 Å². The molecule has 158 valence electrons. The number of hydrogen-bond acceptors (Lipinski definition) is 0. The molecule has 0 amide bonds. The van der Waals surface area contributed by atoms with Crippen molar-refractivity contribution in [1.29, 1.82) is 0 Å². The zero-order valence-corrected chi connectivity index (χ0v) is 18.7. The van der Waals surface area contributed by atoms with Gasteiger partial charge in [0.1, 0.15) is 0 Å². The topological polar surface area (TPSA) is 0 Å². The first-order valence-corrected chi connectivity index (χ1v) is 11.8. The maximum atomic E-state index is 2.21. The molecule has 8 aromatic carbocycles. The fourth-order valence-electron chi connectivity index (χ4n) is 5.53. The van der Waals surface area contributed by atoms with Gasteiger partial charge in [-0.3, -0.25) is 0 Å². The molecule has 0 heterocycles. The molecule has 0 aliphatic rings. The molecule has 0 heteroatoms. The molecule has 0 aliphatic heterocycles. The average molecular weight is 431 g/mol. The van der Waals surface area contributed by atoms with Crippen molar-refractivity contribution in [2.75, 3.05) is 0 Å². The van der Waals surface area contributed by atoms with E-state index in [0.717, 1.165) is 0 Å². The van der Waals surface area contributed by atoms with Gasteiger partial charge in [0.25, 0.3) is 0 Å². The average Bonchev–Trinajstić information content (AvgIpc) is 2.92. The van der Waals surface area contributed by atoms with Crippen LogP contribution in [0, 0.1) is 0 Å². The lowest BCUT2D eigenvalue weighted by molar-refractivity contribution is 1.77. The minimum absolute atomic E-state index is 1.34. The van der Waals surface area contributed by atoms with E-state index in [9.17, 15) is 0 Å². The maximum Gasteiger partial charge on any atom is -0.00268 e. The fraction of sp³-hybridized carbons (Fsp3) is 0. The predicted molar refractivity (Wildman–Crippen MR) is 149 cm³/mol. The molecule has 0 unspecified atom stereocenters. The van der Waals surface area contributed by atoms with Crippen LogP contribution in [0.15, 0.2) is 133 Å². The lowest BCUT2D eigenvalue weighted by Crippen LogP contribution is -1.82. The number of fused-ring (bicyclic) bond motifs is 6. The Bertz CT molecular complexity index is 1610. The van der Waals surface area contributed by atoms with E-state index in [4.69, 9.17) is 0 Å². The Balaban J connectivity index is 0.000000118. The van der Waals surface area contributed by atoms with Gasteiger partial charge >= 0.3 is 0 Å². The van der Waals surface area contributed by atoms with Crippen molar-refractivity contribution in [2.24, 2.45) is 0 Å². The Morgan fingerprint density at radius 2 is 0.441 bits per heavy atom. The largest absolute Gasteiger partial charge is 0.0616 e. The van der Waals surface area contributed by atoms with Crippen LogP contribution < -0.4 is 0 Å². The molecule has 0 nitrogen and oxygen atoms in total. The van der Waals surface area contributed by atoms with Gasteiger partial charge in [-0.1, -0.05) is 133 Å². The molecule has 0 aromatic heterocycles. The second-order valence-corrected chi connectivity index (χ2v) is 8.93. The monoisotopic (exact) mass is 430 g/mol. The van der Waals surface area contributed by atoms with Gasteiger partial charge in [-0.2, -0.15) is 0 Å². The molecule has 0 saturated carbocycles. The van der Waals surface area contributed by atoms with Crippen LogP contribution in [-0.2, 0) is 0 Å². The van der Waals surface area contributed by atoms with E-state index in [1.807, 2.05) is 0 Å². The zero-order chi connectivity index (χ0) is 22.5. The van der Waals surface area contributed by atoms with Crippen molar-refractivity contribution < 1.29 is 0 Å². The summed E-state index contributed by atoms with van der Waals surface area (Å²) < 4.78 is 0. The molecule has 0 saturated heterocycles. The Labute approximate surface area is 198 Å². The van der Waals surface area contributed by atoms with E-state index in [0.29, 0.717) is 0 Å². The molecule has 34 heavy (non-hydrogen) atoms. The molecule has 8 aromatic rings. The van der Waals surface area contributed by atoms with Crippen LogP contribution in [0.5, 0.6) is 0 Å². The fourth-order valence-corrected chi connectivity index (χ4v) is 5.53. The minimum Gasteiger partial charge on any atom is -0.0616 e. The summed E-state index contributed by atoms with van der Waals surface area (Å²) in [5.41, 5.74) is 0. The van der Waals surface area contributed by atoms with Crippen LogP contribution in [0.4, 0.5) is 0 Å². The molecular formula is C34H22. The zero-order valence-electron chi connectivity index (χ0n) is 18.7. The highest BCUT2D eigenvalue weighted by atomic mass is 14.1. The first kappa shape index (κ1) is 19.1. The Morgan fingerprint density at radius 3 is 0.676 bits per heavy atom. The van der Waals surface area contributed by atoms with Gasteiger partial charge in [0, 0.05) is 0 Å². The molecule has 0 aliphatic carbocycles. The lowest BCUT2D eigenvalue weighted by Gasteiger charge is -2.09. The van der Waals surface area contributed by atoms with Crippen LogP contribution in [0.2, 0.25) is 0 Å². The quantitative estimate of drug-likeness (QED) is 0.210. The smallest absolute Gasteiger partial charge is 0.00268 e. The third-order valence-corrected chi connectivity index (χ3v) is 7.04. The standard InChI is InChI=1S/C18H12.C16H10/c1-2-8-14-13(7-1)15-9-3-4-11-17(15)18-12-6-5-10-16(14)18;1-3-11-7-9-13-5-2-6-14-10-8-12(4-1)15(11)16(13)14/h1-12H;1-10H. The van der Waals surface area contributed by atoms with Crippen molar-refractivity contribution in [2.45, 2.75) is 0 Å². The minimum atomic E-state index is 1.34. The molecule has 8 rings (SSSR count). The molecule has 0 spiro atoms. The van der Waals surface area contributed by atoms with E-state index in [1.54, 1.807) is 0 Å². The summed E-state index contributed by atoms with van der Waals surface area (Å²) in [4.78, 5) is 0. The highest BCUT2D eigenvalue weighted by molar-refractivity contribution is 6.25. The summed E-state index contributed by atoms with van der Waals surface area (Å²) in [6.07, 6.45) is 0. The van der Waals surface area contributed by atoms with Crippen molar-refractivity contribution in [3.8, 4) is 0 Å². The van der Waals surface area contributed by atoms with Crippen LogP contribution in [0.1, 0.15) is 0 Å². The van der Waals surface area contributed by atoms with Gasteiger partial charge in [0.2, 0.25) is 0 Å². The van der Waals surface area contributed by atoms with Crippen molar-refractivity contribution in [3.63, 3.8) is 0 Å². The Kier molecular flexibility index (Phi) is 4.25. The maximum absolute atomic E-state index is 2.21. The Hall–Kier alpha value is -4.42. The van der Waals surface area contributed by atoms with Crippen LogP contribution >= 0.6 is 0 Å². The summed E-state index contributed by atoms with van der Waals surface area (Å²) in [7, 11) is 0. The summed E-state index contributed by atoms with van der Waals surface area (Å²) >= 11 is 0. The normalized spacial score (nSPS) is 11.5. The molecule has 0 bridgehead atoms. The second kappa shape index (κ2) is 7.57. The second-order valence-electron chi connectivity index (χ2n) is 8.93. The van der Waals surface area contributed by atoms with Crippen molar-refractivity contribution in [1.82, 2.24) is 0 Å². The lowest BCUT2D eigenvalue weighted by atomic mass is 9.95. The predicted octanol–water partition coefficient (Wildman–Crippen LogP) is 9.73. The molecule has 0 N–H and O–H groups in total. The van der Waals surface area contributed by atoms with E-state index in [2.05, 4.69) is 133 Å². The number of benzene rings is 8. The van der Waals surface area contributed by atoms with Gasteiger partial charge in [0.15, 0.2) is 0 Å². The van der Waals surface area contributed by atoms with E-state index in [1.165, 1.54) is 64.6 Å². The highest BCUT2D eigenvalue weighted by Crippen LogP contribution is 2.35. The molecular weight excluding hydrogens is 408 g/mol. The van der Waals surface area contributed by atoms with Crippen LogP contribution in [-0.4, -0.2) is 0 Å². The van der Waals surface area contributed by atoms with Gasteiger partial charge in [-0.25, -0.2) is 0 Å². The first-order chi connectivity index (χ1) is 16.9. The third-order valence-electron chi connectivity index (χ3n) is 7.04. The Morgan fingerprint density at radius 1 is 0.206 bits per heavy atom. The van der Waals surface area contributed by atoms with Gasteiger partial charge < -0.3 is 0 Å². The van der Waals surface area contributed by atoms with E-state index < -0.39 is 0 Å². The van der Waals surface area contributed by atoms with E-state index in [-0.39, 0.29) is 0 Å². The van der Waals surface area contributed by atoms with Crippen LogP contribution in [0.3, 0.4) is 0 Å². The van der Waals surface area contributed by atoms with Crippen molar-refractivity contribution >= 4 is 64.6 Å². The summed E-state index contributed by atoms with van der Waals surface area (Å²) in [5.74, 6) is 0. The van der Waals surface area contributed by atoms with Gasteiger partial charge in [-0.05, 0) is 64.6 Å². The number of hydrogen-bond donors (Lipinski definition) is 0. The van der Waals surface area contributed by atoms with Crippen molar-refractivity contribution in [3.05, 3.63) is 133 Å². The summed E-state index contributed by atoms with van der Waals surface area (Å²) in [6, 6.07) is 47.8. The van der Waals surface area contributed by atoms with Crippen LogP contribution in [0.25, 0.3) is 64.6 Å². The summed E-state index contributed by atoms with van der Waals surface area (Å²) in [6.45, 7) is 0. The number of rotatable bonds is 0. The molecule has 0 radical (unpaired) electrons. The van der Waals surface area contributed by atoms with Gasteiger partial charge in [-0.15, -0.1) is 0 Å². The van der Waals surface area contributed by atoms with E-state index >= 15 is 0 Å². The first-order valence-electron chi connectivity index (χ1n) is 11.8.